The average molecular weight is 461 g/mol. The molecule has 4 nitrogen and oxygen atoms in total. The third-order valence-electron chi connectivity index (χ3n) is 6.49. The number of aliphatic carboxylic acids is 1. The van der Waals surface area contributed by atoms with Gasteiger partial charge in [-0.2, -0.15) is 0 Å². The zero-order valence-corrected chi connectivity index (χ0v) is 20.4. The van der Waals surface area contributed by atoms with Gasteiger partial charge in [0.15, 0.2) is 4.90 Å². The summed E-state index contributed by atoms with van der Waals surface area (Å²) < 4.78 is 12.3. The molecule has 0 amide bonds. The summed E-state index contributed by atoms with van der Waals surface area (Å²) in [6.07, 6.45) is 16.4. The molecule has 1 aromatic carbocycles. The van der Waals surface area contributed by atoms with Crippen LogP contribution >= 0.6 is 0 Å². The van der Waals surface area contributed by atoms with Gasteiger partial charge < -0.3 is 9.66 Å². The van der Waals surface area contributed by atoms with Crippen LogP contribution in [0.5, 0.6) is 0 Å². The van der Waals surface area contributed by atoms with Gasteiger partial charge in [0, 0.05) is 18.8 Å². The Bertz CT molecular complexity index is 713. The normalized spacial score (nSPS) is 19.6. The van der Waals surface area contributed by atoms with Gasteiger partial charge in [0.05, 0.1) is 0 Å². The van der Waals surface area contributed by atoms with Crippen LogP contribution in [-0.4, -0.2) is 27.2 Å². The van der Waals surface area contributed by atoms with E-state index in [1.165, 1.54) is 5.56 Å². The first-order chi connectivity index (χ1) is 15.5. The molecule has 0 radical (unpaired) electrons. The van der Waals surface area contributed by atoms with Crippen molar-refractivity contribution in [2.75, 3.05) is 5.75 Å². The third kappa shape index (κ3) is 10.4. The fraction of sp³-hybridized carbons (Fsp3) is 0.630. The lowest BCUT2D eigenvalue weighted by molar-refractivity contribution is -0.137. The van der Waals surface area contributed by atoms with Crippen LogP contribution in [0.25, 0.3) is 0 Å². The van der Waals surface area contributed by atoms with Gasteiger partial charge in [-0.15, -0.1) is 0 Å². The van der Waals surface area contributed by atoms with Crippen LogP contribution in [0.4, 0.5) is 0 Å². The van der Waals surface area contributed by atoms with Gasteiger partial charge in [0.2, 0.25) is 0 Å². The Morgan fingerprint density at radius 1 is 1.06 bits per heavy atom. The zero-order valence-electron chi connectivity index (χ0n) is 19.6. The summed E-state index contributed by atoms with van der Waals surface area (Å²) in [5.41, 5.74) is 1.19. The standard InChI is InChI=1S/C27H40O4S/c1-22-15-18-24(19-16-22)32(31)21-11-7-3-2-4-8-12-23-17-20-26(28)25(23)13-9-5-6-10-14-27(29)30/h4,8,15-16,18-19,23,25H,2-3,5-7,9-14,17,20-21H2,1H3,(H,29,30)/b8-4+/t23-,25+,32?/m0/s1. The first-order valence-electron chi connectivity index (χ1n) is 12.3. The van der Waals surface area contributed by atoms with Crippen molar-refractivity contribution in [1.82, 2.24) is 0 Å². The van der Waals surface area contributed by atoms with Gasteiger partial charge in [-0.25, -0.2) is 0 Å². The summed E-state index contributed by atoms with van der Waals surface area (Å²) in [7, 11) is 0. The number of carbonyl (C=O) groups is 2. The molecule has 0 aromatic heterocycles. The van der Waals surface area contributed by atoms with E-state index >= 15 is 0 Å². The SMILES string of the molecule is Cc1ccc([S+]([O-])CCCCC/C=C/C[C@H]2CCC(=O)[C@@H]2CCCCCCC(=O)O)cc1. The minimum Gasteiger partial charge on any atom is -0.611 e. The van der Waals surface area contributed by atoms with Crippen molar-refractivity contribution < 1.29 is 19.2 Å². The van der Waals surface area contributed by atoms with Gasteiger partial charge in [-0.05, 0) is 87.5 Å². The summed E-state index contributed by atoms with van der Waals surface area (Å²) in [6, 6.07) is 7.97. The van der Waals surface area contributed by atoms with E-state index < -0.39 is 17.1 Å². The predicted molar refractivity (Wildman–Crippen MR) is 131 cm³/mol. The first-order valence-corrected chi connectivity index (χ1v) is 13.6. The Kier molecular flexibility index (Phi) is 12.7. The van der Waals surface area contributed by atoms with Gasteiger partial charge in [-0.1, -0.05) is 49.1 Å². The lowest BCUT2D eigenvalue weighted by atomic mass is 9.87. The van der Waals surface area contributed by atoms with Crippen LogP contribution in [0.3, 0.4) is 0 Å². The summed E-state index contributed by atoms with van der Waals surface area (Å²) >= 11 is -0.893. The molecule has 1 aromatic rings. The van der Waals surface area contributed by atoms with E-state index in [-0.39, 0.29) is 12.3 Å². The zero-order chi connectivity index (χ0) is 23.2. The van der Waals surface area contributed by atoms with E-state index in [9.17, 15) is 14.1 Å². The van der Waals surface area contributed by atoms with E-state index in [0.717, 1.165) is 87.7 Å². The number of carbonyl (C=O) groups excluding carboxylic acids is 1. The van der Waals surface area contributed by atoms with Crippen molar-refractivity contribution in [3.63, 3.8) is 0 Å². The minimum atomic E-state index is -0.893. The number of hydrogen-bond donors (Lipinski definition) is 1. The summed E-state index contributed by atoms with van der Waals surface area (Å²) in [5.74, 6) is 1.12. The van der Waals surface area contributed by atoms with Crippen LogP contribution in [0, 0.1) is 18.8 Å². The monoisotopic (exact) mass is 460 g/mol. The Hall–Kier alpha value is -1.59. The second-order valence-electron chi connectivity index (χ2n) is 9.14. The quantitative estimate of drug-likeness (QED) is 0.171. The molecule has 3 atom stereocenters. The molecule has 1 fully saturated rings. The largest absolute Gasteiger partial charge is 0.611 e. The number of aryl methyl sites for hydroxylation is 1. The number of allylic oxidation sites excluding steroid dienone is 2. The van der Waals surface area contributed by atoms with E-state index in [2.05, 4.69) is 12.2 Å². The fourth-order valence-electron chi connectivity index (χ4n) is 4.52. The number of Topliss-reactive ketones (excluding diaryl/α,β-unsaturated/α-hetero) is 1. The van der Waals surface area contributed by atoms with Crippen molar-refractivity contribution in [3.8, 4) is 0 Å². The number of carboxylic acids is 1. The topological polar surface area (TPSA) is 77.4 Å². The Morgan fingerprint density at radius 3 is 2.53 bits per heavy atom. The molecular formula is C27H40O4S. The minimum absolute atomic E-state index is 0.205. The van der Waals surface area contributed by atoms with Crippen molar-refractivity contribution >= 4 is 22.9 Å². The molecule has 1 aliphatic rings. The third-order valence-corrected chi connectivity index (χ3v) is 7.95. The average Bonchev–Trinajstić information content (AvgIpc) is 3.12. The smallest absolute Gasteiger partial charge is 0.303 e. The highest BCUT2D eigenvalue weighted by Gasteiger charge is 2.32. The number of hydrogen-bond acceptors (Lipinski definition) is 3. The van der Waals surface area contributed by atoms with Crippen LogP contribution in [-0.2, 0) is 20.8 Å². The number of rotatable bonds is 16. The maximum absolute atomic E-state index is 12.3. The second kappa shape index (κ2) is 15.3. The molecule has 2 rings (SSSR count). The predicted octanol–water partition coefficient (Wildman–Crippen LogP) is 6.63. The van der Waals surface area contributed by atoms with E-state index in [4.69, 9.17) is 5.11 Å². The van der Waals surface area contributed by atoms with Crippen molar-refractivity contribution in [2.45, 2.75) is 95.3 Å². The summed E-state index contributed by atoms with van der Waals surface area (Å²) in [5, 5.41) is 8.68. The number of benzene rings is 1. The molecule has 1 N–H and O–H groups in total. The highest BCUT2D eigenvalue weighted by molar-refractivity contribution is 7.91. The maximum atomic E-state index is 12.3. The number of carboxylic acid groups (broad SMARTS) is 1. The molecule has 0 saturated heterocycles. The fourth-order valence-corrected chi connectivity index (χ4v) is 5.66. The Balaban J connectivity index is 1.54. The van der Waals surface area contributed by atoms with Crippen molar-refractivity contribution in [3.05, 3.63) is 42.0 Å². The van der Waals surface area contributed by atoms with Crippen molar-refractivity contribution in [2.24, 2.45) is 11.8 Å². The molecular weight excluding hydrogens is 420 g/mol. The van der Waals surface area contributed by atoms with Gasteiger partial charge in [0.25, 0.3) is 0 Å². The molecule has 5 heteroatoms. The molecule has 0 aliphatic heterocycles. The van der Waals surface area contributed by atoms with E-state index in [1.54, 1.807) is 0 Å². The molecule has 1 saturated carbocycles. The molecule has 0 bridgehead atoms. The van der Waals surface area contributed by atoms with Gasteiger partial charge in [-0.3, -0.25) is 9.59 Å². The molecule has 32 heavy (non-hydrogen) atoms. The van der Waals surface area contributed by atoms with Crippen molar-refractivity contribution in [1.29, 1.82) is 0 Å². The van der Waals surface area contributed by atoms with Crippen LogP contribution in [0.2, 0.25) is 0 Å². The van der Waals surface area contributed by atoms with Crippen LogP contribution in [0.1, 0.15) is 89.0 Å². The summed E-state index contributed by atoms with van der Waals surface area (Å²) in [6.45, 7) is 2.04. The lowest BCUT2D eigenvalue weighted by Gasteiger charge is -2.16. The highest BCUT2D eigenvalue weighted by Crippen LogP contribution is 2.35. The first kappa shape index (κ1) is 26.7. The van der Waals surface area contributed by atoms with Gasteiger partial charge in [0.1, 0.15) is 11.5 Å². The Labute approximate surface area is 197 Å². The molecule has 178 valence electrons. The number of ketones is 1. The summed E-state index contributed by atoms with van der Waals surface area (Å²) in [4.78, 5) is 23.7. The number of unbranched alkanes of at least 4 members (excludes halogenated alkanes) is 6. The van der Waals surface area contributed by atoms with Crippen LogP contribution < -0.4 is 0 Å². The van der Waals surface area contributed by atoms with E-state index in [1.807, 2.05) is 31.2 Å². The van der Waals surface area contributed by atoms with Crippen LogP contribution in [0.15, 0.2) is 41.3 Å². The molecule has 1 aliphatic carbocycles. The molecule has 0 heterocycles. The lowest BCUT2D eigenvalue weighted by Crippen LogP contribution is -2.14. The van der Waals surface area contributed by atoms with E-state index in [0.29, 0.717) is 11.7 Å². The molecule has 0 spiro atoms. The maximum Gasteiger partial charge on any atom is 0.303 e. The molecule has 1 unspecified atom stereocenters. The Morgan fingerprint density at radius 2 is 1.78 bits per heavy atom. The highest BCUT2D eigenvalue weighted by atomic mass is 32.2. The second-order valence-corrected chi connectivity index (χ2v) is 10.7. The van der Waals surface area contributed by atoms with Gasteiger partial charge >= 0.3 is 5.97 Å².